The van der Waals surface area contributed by atoms with Crippen molar-refractivity contribution in [3.63, 3.8) is 0 Å². The van der Waals surface area contributed by atoms with Crippen molar-refractivity contribution in [2.45, 2.75) is 95.5 Å². The molecule has 0 unspecified atom stereocenters. The van der Waals surface area contributed by atoms with Gasteiger partial charge in [-0.05, 0) is 102 Å². The normalized spacial score (nSPS) is 18.5. The molecule has 2 aliphatic rings. The van der Waals surface area contributed by atoms with Crippen molar-refractivity contribution in [2.75, 3.05) is 0 Å². The lowest BCUT2D eigenvalue weighted by molar-refractivity contribution is -0.234. The average Bonchev–Trinajstić information content (AvgIpc) is 4.03. The third-order valence-corrected chi connectivity index (χ3v) is 13.5. The first kappa shape index (κ1) is 40.5. The van der Waals surface area contributed by atoms with E-state index in [0.717, 1.165) is 94.4 Å². The quantitative estimate of drug-likeness (QED) is 0.113. The summed E-state index contributed by atoms with van der Waals surface area (Å²) in [5, 5.41) is 16.8. The van der Waals surface area contributed by atoms with Crippen LogP contribution in [0.5, 0.6) is 0 Å². The molecule has 9 nitrogen and oxygen atoms in total. The molecule has 2 aliphatic heterocycles. The predicted molar refractivity (Wildman–Crippen MR) is 249 cm³/mol. The van der Waals surface area contributed by atoms with Gasteiger partial charge < -0.3 is 0 Å². The standard InChI is InChI=1S/C54H53N7O2/c1-5-6-26-49-55-48-32-31-43(53(4)36-44-33-34-52(2,3)61(44)63-53)35-47(48)51(62)59(49)37-38-27-29-39(30-28-38)45-24-16-17-25-46(45)50-56-57-58-60(50)54(40-18-10-7-11-19-40,41-20-12-8-13-21-41)42-22-14-9-15-23-42/h7-25,27-32,35,44H,5-6,26,33-34,36-37H2,1-4H3/t44-,53-/m1/s1. The lowest BCUT2D eigenvalue weighted by atomic mass is 9.77. The molecule has 8 aromatic rings. The van der Waals surface area contributed by atoms with Gasteiger partial charge in [-0.25, -0.2) is 9.67 Å². The molecule has 0 aliphatic carbocycles. The van der Waals surface area contributed by atoms with Gasteiger partial charge in [0.05, 0.1) is 17.4 Å². The number of benzene rings is 6. The van der Waals surface area contributed by atoms with Crippen molar-refractivity contribution in [3.8, 4) is 22.5 Å². The number of tetrazole rings is 1. The highest BCUT2D eigenvalue weighted by molar-refractivity contribution is 5.81. The van der Waals surface area contributed by atoms with Crippen LogP contribution in [0.4, 0.5) is 0 Å². The summed E-state index contributed by atoms with van der Waals surface area (Å²) < 4.78 is 3.86. The Kier molecular flexibility index (Phi) is 10.5. The Morgan fingerprint density at radius 2 is 1.37 bits per heavy atom. The lowest BCUT2D eigenvalue weighted by Crippen LogP contribution is -2.39. The fourth-order valence-corrected chi connectivity index (χ4v) is 10.2. The maximum atomic E-state index is 14.6. The molecule has 0 radical (unpaired) electrons. The molecule has 0 spiro atoms. The van der Waals surface area contributed by atoms with Crippen molar-refractivity contribution in [3.05, 3.63) is 202 Å². The Bertz CT molecular complexity index is 2850. The van der Waals surface area contributed by atoms with Gasteiger partial charge in [0.25, 0.3) is 5.56 Å². The Labute approximate surface area is 369 Å². The number of fused-ring (bicyclic) bond motifs is 2. The topological polar surface area (TPSA) is 91.0 Å². The van der Waals surface area contributed by atoms with Gasteiger partial charge in [0.2, 0.25) is 0 Å². The van der Waals surface area contributed by atoms with Crippen LogP contribution in [0.3, 0.4) is 0 Å². The Hall–Kier alpha value is -6.55. The largest absolute Gasteiger partial charge is 0.292 e. The molecule has 6 aromatic carbocycles. The van der Waals surface area contributed by atoms with E-state index in [-0.39, 0.29) is 11.1 Å². The van der Waals surface area contributed by atoms with Crippen LogP contribution in [0.15, 0.2) is 163 Å². The number of rotatable bonds is 12. The smallest absolute Gasteiger partial charge is 0.261 e. The van der Waals surface area contributed by atoms with Gasteiger partial charge in [-0.1, -0.05) is 159 Å². The summed E-state index contributed by atoms with van der Waals surface area (Å²) in [6.07, 6.45) is 5.82. The van der Waals surface area contributed by atoms with E-state index in [4.69, 9.17) is 20.1 Å². The lowest BCUT2D eigenvalue weighted by Gasteiger charge is -2.36. The van der Waals surface area contributed by atoms with Gasteiger partial charge in [-0.2, -0.15) is 5.06 Å². The first-order valence-electron chi connectivity index (χ1n) is 22.4. The van der Waals surface area contributed by atoms with Crippen molar-refractivity contribution < 1.29 is 4.84 Å². The second-order valence-electron chi connectivity index (χ2n) is 18.1. The van der Waals surface area contributed by atoms with Crippen molar-refractivity contribution in [2.24, 2.45) is 0 Å². The minimum absolute atomic E-state index is 0.00496. The summed E-state index contributed by atoms with van der Waals surface area (Å²) in [4.78, 5) is 26.5. The van der Waals surface area contributed by atoms with Crippen LogP contribution in [-0.2, 0) is 28.9 Å². The van der Waals surface area contributed by atoms with Crippen LogP contribution < -0.4 is 5.56 Å². The minimum atomic E-state index is -0.882. The fourth-order valence-electron chi connectivity index (χ4n) is 10.2. The van der Waals surface area contributed by atoms with E-state index in [9.17, 15) is 4.79 Å². The summed E-state index contributed by atoms with van der Waals surface area (Å²) in [7, 11) is 0. The SMILES string of the molecule is CCCCc1nc2ccc([C@@]3(C)C[C@H]4CCC(C)(C)N4O3)cc2c(=O)n1Cc1ccc(-c2ccccc2-c2nnnn2C(c2ccccc2)(c2ccccc2)c2ccccc2)cc1. The van der Waals surface area contributed by atoms with Gasteiger partial charge in [-0.15, -0.1) is 5.10 Å². The molecule has 2 fully saturated rings. The van der Waals surface area contributed by atoms with E-state index in [1.807, 2.05) is 45.6 Å². The molecule has 0 bridgehead atoms. The maximum absolute atomic E-state index is 14.6. The van der Waals surface area contributed by atoms with Crippen LogP contribution in [0.2, 0.25) is 0 Å². The summed E-state index contributed by atoms with van der Waals surface area (Å²) >= 11 is 0. The molecule has 63 heavy (non-hydrogen) atoms. The molecule has 0 amide bonds. The molecule has 10 rings (SSSR count). The Morgan fingerprint density at radius 1 is 0.746 bits per heavy atom. The molecule has 0 saturated carbocycles. The van der Waals surface area contributed by atoms with Crippen LogP contribution in [0.1, 0.15) is 93.4 Å². The van der Waals surface area contributed by atoms with Crippen molar-refractivity contribution >= 4 is 10.9 Å². The second-order valence-corrected chi connectivity index (χ2v) is 18.1. The van der Waals surface area contributed by atoms with Crippen LogP contribution in [-0.4, -0.2) is 46.4 Å². The second kappa shape index (κ2) is 16.3. The van der Waals surface area contributed by atoms with Crippen LogP contribution in [0, 0.1) is 0 Å². The number of hydrogen-bond acceptors (Lipinski definition) is 7. The first-order chi connectivity index (χ1) is 30.7. The van der Waals surface area contributed by atoms with Gasteiger partial charge in [0.15, 0.2) is 5.82 Å². The van der Waals surface area contributed by atoms with Crippen LogP contribution >= 0.6 is 0 Å². The highest BCUT2D eigenvalue weighted by Gasteiger charge is 2.52. The third-order valence-electron chi connectivity index (χ3n) is 13.5. The van der Waals surface area contributed by atoms with Gasteiger partial charge in [0.1, 0.15) is 17.0 Å². The molecule has 2 saturated heterocycles. The number of unbranched alkanes of at least 4 members (excludes halogenated alkanes) is 1. The maximum Gasteiger partial charge on any atom is 0.261 e. The molecular weight excluding hydrogens is 779 g/mol. The van der Waals surface area contributed by atoms with Crippen LogP contribution in [0.25, 0.3) is 33.4 Å². The van der Waals surface area contributed by atoms with E-state index >= 15 is 0 Å². The van der Waals surface area contributed by atoms with Crippen molar-refractivity contribution in [1.29, 1.82) is 0 Å². The highest BCUT2D eigenvalue weighted by atomic mass is 16.7. The number of hydroxylamine groups is 2. The average molecular weight is 832 g/mol. The molecule has 316 valence electrons. The molecule has 2 aromatic heterocycles. The Morgan fingerprint density at radius 3 is 1.98 bits per heavy atom. The van der Waals surface area contributed by atoms with Gasteiger partial charge >= 0.3 is 0 Å². The van der Waals surface area contributed by atoms with E-state index in [2.05, 4.69) is 159 Å². The van der Waals surface area contributed by atoms with E-state index in [1.165, 1.54) is 0 Å². The number of hydrogen-bond donors (Lipinski definition) is 0. The molecule has 2 atom stereocenters. The monoisotopic (exact) mass is 831 g/mol. The predicted octanol–water partition coefficient (Wildman–Crippen LogP) is 10.7. The van der Waals surface area contributed by atoms with E-state index in [0.29, 0.717) is 23.8 Å². The number of aryl methyl sites for hydroxylation is 1. The fraction of sp³-hybridized carbons (Fsp3) is 0.278. The number of aromatic nitrogens is 6. The molecular formula is C54H53N7O2. The molecule has 4 heterocycles. The highest BCUT2D eigenvalue weighted by Crippen LogP contribution is 2.49. The molecule has 9 heteroatoms. The zero-order chi connectivity index (χ0) is 43.2. The third kappa shape index (κ3) is 7.09. The Balaban J connectivity index is 1.02. The molecule has 0 N–H and O–H groups in total. The summed E-state index contributed by atoms with van der Waals surface area (Å²) in [5.41, 5.74) is 7.39. The van der Waals surface area contributed by atoms with E-state index in [1.54, 1.807) is 0 Å². The van der Waals surface area contributed by atoms with Crippen molar-refractivity contribution in [1.82, 2.24) is 34.8 Å². The summed E-state index contributed by atoms with van der Waals surface area (Å²) in [6.45, 7) is 9.26. The van der Waals surface area contributed by atoms with Gasteiger partial charge in [0, 0.05) is 30.0 Å². The van der Waals surface area contributed by atoms with Gasteiger partial charge in [-0.3, -0.25) is 14.2 Å². The minimum Gasteiger partial charge on any atom is -0.292 e. The summed E-state index contributed by atoms with van der Waals surface area (Å²) in [5.74, 6) is 1.45. The van der Waals surface area contributed by atoms with E-state index < -0.39 is 11.1 Å². The zero-order valence-electron chi connectivity index (χ0n) is 36.5. The summed E-state index contributed by atoms with van der Waals surface area (Å²) in [6, 6.07) is 54.7. The zero-order valence-corrected chi connectivity index (χ0v) is 36.5. The number of nitrogens with zero attached hydrogens (tertiary/aromatic N) is 7. The first-order valence-corrected chi connectivity index (χ1v) is 22.4.